The van der Waals surface area contributed by atoms with Crippen molar-refractivity contribution in [3.8, 4) is 0 Å². The lowest BCUT2D eigenvalue weighted by atomic mass is 10.1. The van der Waals surface area contributed by atoms with Crippen LogP contribution >= 0.6 is 0 Å². The molecule has 0 heterocycles. The molecule has 0 bridgehead atoms. The average molecular weight is 536 g/mol. The summed E-state index contributed by atoms with van der Waals surface area (Å²) in [5, 5.41) is 2.94. The van der Waals surface area contributed by atoms with Crippen LogP contribution in [-0.4, -0.2) is 43.8 Å². The van der Waals surface area contributed by atoms with E-state index in [1.54, 1.807) is 49.4 Å². The molecule has 8 heteroatoms. The number of amides is 2. The van der Waals surface area contributed by atoms with Crippen LogP contribution in [0.5, 0.6) is 0 Å². The fraction of sp³-hybridized carbons (Fsp3) is 0.333. The summed E-state index contributed by atoms with van der Waals surface area (Å²) in [5.74, 6) is -0.758. The van der Waals surface area contributed by atoms with Crippen LogP contribution in [0, 0.1) is 13.8 Å². The van der Waals surface area contributed by atoms with E-state index in [0.717, 1.165) is 27.4 Å². The molecule has 0 spiro atoms. The van der Waals surface area contributed by atoms with Gasteiger partial charge in [0.15, 0.2) is 0 Å². The van der Waals surface area contributed by atoms with E-state index in [-0.39, 0.29) is 23.4 Å². The molecule has 3 aromatic carbocycles. The second kappa shape index (κ2) is 12.7. The van der Waals surface area contributed by atoms with Gasteiger partial charge in [-0.25, -0.2) is 8.42 Å². The van der Waals surface area contributed by atoms with Gasteiger partial charge in [-0.1, -0.05) is 72.6 Å². The smallest absolute Gasteiger partial charge is 0.264 e. The van der Waals surface area contributed by atoms with Gasteiger partial charge in [0.25, 0.3) is 10.0 Å². The van der Waals surface area contributed by atoms with Crippen molar-refractivity contribution in [3.05, 3.63) is 95.6 Å². The highest BCUT2D eigenvalue weighted by molar-refractivity contribution is 7.92. The molecule has 38 heavy (non-hydrogen) atoms. The normalized spacial score (nSPS) is 12.9. The van der Waals surface area contributed by atoms with Crippen molar-refractivity contribution in [1.82, 2.24) is 10.2 Å². The summed E-state index contributed by atoms with van der Waals surface area (Å²) >= 11 is 0. The SMILES string of the molecule is CC[C@@H](C)NC(=O)[C@@H](C)N(Cc1cccc(C)c1)C(=O)CN(c1ccccc1)S(=O)(=O)c1ccc(C)cc1. The first-order valence-corrected chi connectivity index (χ1v) is 14.3. The molecule has 0 saturated carbocycles. The third-order valence-corrected chi connectivity index (χ3v) is 8.32. The lowest BCUT2D eigenvalue weighted by Gasteiger charge is -2.32. The number of sulfonamides is 1. The molecule has 0 radical (unpaired) electrons. The number of benzene rings is 3. The van der Waals surface area contributed by atoms with Crippen LogP contribution in [0.25, 0.3) is 0 Å². The Balaban J connectivity index is 2.00. The third-order valence-electron chi connectivity index (χ3n) is 6.54. The van der Waals surface area contributed by atoms with Crippen LogP contribution in [0.15, 0.2) is 83.8 Å². The monoisotopic (exact) mass is 535 g/mol. The van der Waals surface area contributed by atoms with Crippen LogP contribution in [0.2, 0.25) is 0 Å². The predicted molar refractivity (Wildman–Crippen MR) is 151 cm³/mol. The molecule has 0 aliphatic rings. The van der Waals surface area contributed by atoms with Crippen molar-refractivity contribution in [2.45, 2.75) is 64.6 Å². The molecule has 1 N–H and O–H groups in total. The van der Waals surface area contributed by atoms with Crippen molar-refractivity contribution in [3.63, 3.8) is 0 Å². The highest BCUT2D eigenvalue weighted by atomic mass is 32.2. The van der Waals surface area contributed by atoms with E-state index in [0.29, 0.717) is 5.69 Å². The van der Waals surface area contributed by atoms with Crippen LogP contribution in [-0.2, 0) is 26.2 Å². The van der Waals surface area contributed by atoms with Gasteiger partial charge >= 0.3 is 0 Å². The Hall–Kier alpha value is -3.65. The van der Waals surface area contributed by atoms with Gasteiger partial charge < -0.3 is 10.2 Å². The molecule has 3 rings (SSSR count). The van der Waals surface area contributed by atoms with Gasteiger partial charge in [-0.15, -0.1) is 0 Å². The molecule has 2 atom stereocenters. The molecular weight excluding hydrogens is 498 g/mol. The molecule has 0 fully saturated rings. The van der Waals surface area contributed by atoms with E-state index in [9.17, 15) is 18.0 Å². The first kappa shape index (κ1) is 28.9. The zero-order valence-corrected chi connectivity index (χ0v) is 23.5. The zero-order chi connectivity index (χ0) is 27.9. The maximum Gasteiger partial charge on any atom is 0.264 e. The van der Waals surface area contributed by atoms with E-state index < -0.39 is 28.5 Å². The number of carbonyl (C=O) groups is 2. The summed E-state index contributed by atoms with van der Waals surface area (Å²) in [4.78, 5) is 28.5. The Morgan fingerprint density at radius 2 is 1.53 bits per heavy atom. The standard InChI is InChI=1S/C30H37N3O4S/c1-6-24(4)31-30(35)25(5)32(20-26-12-10-11-23(3)19-26)29(34)21-33(27-13-8-7-9-14-27)38(36,37)28-17-15-22(2)16-18-28/h7-19,24-25H,6,20-21H2,1-5H3,(H,31,35)/t24-,25-/m1/s1. The number of aryl methyl sites for hydroxylation is 2. The van der Waals surface area contributed by atoms with Crippen LogP contribution in [0.1, 0.15) is 43.9 Å². The summed E-state index contributed by atoms with van der Waals surface area (Å²) in [6, 6.07) is 21.9. The number of hydrogen-bond donors (Lipinski definition) is 1. The average Bonchev–Trinajstić information content (AvgIpc) is 2.90. The number of nitrogens with zero attached hydrogens (tertiary/aromatic N) is 2. The lowest BCUT2D eigenvalue weighted by molar-refractivity contribution is -0.139. The third kappa shape index (κ3) is 7.22. The van der Waals surface area contributed by atoms with Gasteiger partial charge in [0.1, 0.15) is 12.6 Å². The van der Waals surface area contributed by atoms with Gasteiger partial charge in [0.2, 0.25) is 11.8 Å². The highest BCUT2D eigenvalue weighted by Gasteiger charge is 2.32. The second-order valence-electron chi connectivity index (χ2n) is 9.66. The van der Waals surface area contributed by atoms with Crippen LogP contribution in [0.3, 0.4) is 0 Å². The van der Waals surface area contributed by atoms with Crippen molar-refractivity contribution in [2.24, 2.45) is 0 Å². The molecule has 0 aromatic heterocycles. The van der Waals surface area contributed by atoms with E-state index >= 15 is 0 Å². The number of carbonyl (C=O) groups excluding carboxylic acids is 2. The van der Waals surface area contributed by atoms with Crippen LogP contribution < -0.4 is 9.62 Å². The number of hydrogen-bond acceptors (Lipinski definition) is 4. The van der Waals surface area contributed by atoms with Crippen molar-refractivity contribution < 1.29 is 18.0 Å². The molecule has 0 unspecified atom stereocenters. The molecule has 0 saturated heterocycles. The quantitative estimate of drug-likeness (QED) is 0.381. The Morgan fingerprint density at radius 1 is 0.868 bits per heavy atom. The van der Waals surface area contributed by atoms with Gasteiger partial charge in [-0.3, -0.25) is 13.9 Å². The minimum atomic E-state index is -4.06. The van der Waals surface area contributed by atoms with Gasteiger partial charge in [0, 0.05) is 12.6 Å². The Morgan fingerprint density at radius 3 is 2.13 bits per heavy atom. The van der Waals surface area contributed by atoms with E-state index in [2.05, 4.69) is 5.32 Å². The van der Waals surface area contributed by atoms with Crippen molar-refractivity contribution in [2.75, 3.05) is 10.8 Å². The predicted octanol–water partition coefficient (Wildman–Crippen LogP) is 4.83. The summed E-state index contributed by atoms with van der Waals surface area (Å²) in [7, 11) is -4.06. The summed E-state index contributed by atoms with van der Waals surface area (Å²) in [5.41, 5.74) is 3.18. The first-order chi connectivity index (χ1) is 18.0. The molecule has 202 valence electrons. The largest absolute Gasteiger partial charge is 0.352 e. The summed E-state index contributed by atoms with van der Waals surface area (Å²) in [6.45, 7) is 9.11. The minimum Gasteiger partial charge on any atom is -0.352 e. The molecule has 2 amide bonds. The lowest BCUT2D eigenvalue weighted by Crippen LogP contribution is -2.52. The molecular formula is C30H37N3O4S. The zero-order valence-electron chi connectivity index (χ0n) is 22.7. The van der Waals surface area contributed by atoms with Gasteiger partial charge in [-0.05, 0) is 63.9 Å². The Bertz CT molecular complexity index is 1340. The Kier molecular flexibility index (Phi) is 9.69. The minimum absolute atomic E-state index is 0.0522. The van der Waals surface area contributed by atoms with Crippen molar-refractivity contribution in [1.29, 1.82) is 0 Å². The number of rotatable bonds is 11. The van der Waals surface area contributed by atoms with Gasteiger partial charge in [0.05, 0.1) is 10.6 Å². The second-order valence-corrected chi connectivity index (χ2v) is 11.5. The van der Waals surface area contributed by atoms with E-state index in [1.165, 1.54) is 17.0 Å². The number of nitrogens with one attached hydrogen (secondary N) is 1. The summed E-state index contributed by atoms with van der Waals surface area (Å²) < 4.78 is 28.7. The maximum atomic E-state index is 13.9. The molecule has 7 nitrogen and oxygen atoms in total. The molecule has 0 aliphatic heterocycles. The Labute approximate surface area is 226 Å². The van der Waals surface area contributed by atoms with E-state index in [1.807, 2.05) is 52.0 Å². The summed E-state index contributed by atoms with van der Waals surface area (Å²) in [6.07, 6.45) is 0.751. The maximum absolute atomic E-state index is 13.9. The number of para-hydroxylation sites is 1. The first-order valence-electron chi connectivity index (χ1n) is 12.8. The molecule has 3 aromatic rings. The van der Waals surface area contributed by atoms with Crippen molar-refractivity contribution >= 4 is 27.5 Å². The topological polar surface area (TPSA) is 86.8 Å². The fourth-order valence-corrected chi connectivity index (χ4v) is 5.43. The highest BCUT2D eigenvalue weighted by Crippen LogP contribution is 2.24. The molecule has 0 aliphatic carbocycles. The van der Waals surface area contributed by atoms with E-state index in [4.69, 9.17) is 0 Å². The number of anilines is 1. The van der Waals surface area contributed by atoms with Gasteiger partial charge in [-0.2, -0.15) is 0 Å². The van der Waals surface area contributed by atoms with Crippen LogP contribution in [0.4, 0.5) is 5.69 Å². The fourth-order valence-electron chi connectivity index (χ4n) is 4.02.